The van der Waals surface area contributed by atoms with Gasteiger partial charge in [0.15, 0.2) is 5.96 Å². The molecule has 1 saturated heterocycles. The van der Waals surface area contributed by atoms with Crippen LogP contribution in [0.25, 0.3) is 0 Å². The van der Waals surface area contributed by atoms with Crippen LogP contribution >= 0.6 is 11.8 Å². The van der Waals surface area contributed by atoms with Crippen LogP contribution in [0.1, 0.15) is 27.7 Å². The number of hydrogen-bond acceptors (Lipinski definition) is 4. The molecule has 1 aliphatic rings. The van der Waals surface area contributed by atoms with Crippen LogP contribution in [-0.2, 0) is 9.59 Å². The minimum atomic E-state index is -0.117. The van der Waals surface area contributed by atoms with E-state index in [0.717, 1.165) is 18.8 Å². The summed E-state index contributed by atoms with van der Waals surface area (Å²) in [5.74, 6) is 1.47. The van der Waals surface area contributed by atoms with Crippen molar-refractivity contribution in [3.05, 3.63) is 0 Å². The van der Waals surface area contributed by atoms with E-state index in [9.17, 15) is 9.59 Å². The molecule has 0 aromatic rings. The number of aliphatic imine (C=N–C) groups is 1. The number of guanidine groups is 1. The highest BCUT2D eigenvalue weighted by atomic mass is 32.2. The maximum Gasteiger partial charge on any atom is 0.242 e. The molecule has 0 unspecified atom stereocenters. The first-order valence-electron chi connectivity index (χ1n) is 8.27. The molecule has 1 aliphatic heterocycles. The van der Waals surface area contributed by atoms with Crippen LogP contribution < -0.4 is 10.6 Å². The number of hydrogen-bond donors (Lipinski definition) is 2. The van der Waals surface area contributed by atoms with Crippen LogP contribution in [0.5, 0.6) is 0 Å². The van der Waals surface area contributed by atoms with Crippen molar-refractivity contribution in [2.45, 2.75) is 38.5 Å². The number of nitrogens with zero attached hydrogens (tertiary/aromatic N) is 3. The molecular weight excluding hydrogens is 326 g/mol. The monoisotopic (exact) mass is 357 g/mol. The van der Waals surface area contributed by atoms with E-state index in [1.165, 1.54) is 4.90 Å². The molecule has 8 heteroatoms. The lowest BCUT2D eigenvalue weighted by atomic mass is 10.2. The van der Waals surface area contributed by atoms with Crippen molar-refractivity contribution in [1.82, 2.24) is 20.4 Å². The van der Waals surface area contributed by atoms with Crippen molar-refractivity contribution in [3.8, 4) is 0 Å². The highest BCUT2D eigenvalue weighted by molar-refractivity contribution is 8.00. The van der Waals surface area contributed by atoms with Crippen LogP contribution in [0.2, 0.25) is 0 Å². The Kier molecular flexibility index (Phi) is 7.86. The smallest absolute Gasteiger partial charge is 0.242 e. The van der Waals surface area contributed by atoms with Gasteiger partial charge in [0, 0.05) is 43.7 Å². The predicted octanol–water partition coefficient (Wildman–Crippen LogP) is 0.372. The van der Waals surface area contributed by atoms with Crippen LogP contribution in [0, 0.1) is 0 Å². The second-order valence-corrected chi connectivity index (χ2v) is 8.84. The topological polar surface area (TPSA) is 77.0 Å². The van der Waals surface area contributed by atoms with Gasteiger partial charge in [-0.15, -0.1) is 0 Å². The second-order valence-electron chi connectivity index (χ2n) is 7.03. The Labute approximate surface area is 149 Å². The Balaban J connectivity index is 2.78. The van der Waals surface area contributed by atoms with E-state index in [1.54, 1.807) is 14.1 Å². The van der Waals surface area contributed by atoms with Gasteiger partial charge in [-0.2, -0.15) is 11.8 Å². The Morgan fingerprint density at radius 3 is 2.54 bits per heavy atom. The zero-order chi connectivity index (χ0) is 18.3. The second kappa shape index (κ2) is 9.15. The first-order chi connectivity index (χ1) is 11.1. The molecule has 0 saturated carbocycles. The van der Waals surface area contributed by atoms with Crippen LogP contribution in [0.3, 0.4) is 0 Å². The predicted molar refractivity (Wildman–Crippen MR) is 100 cm³/mol. The fourth-order valence-electron chi connectivity index (χ4n) is 2.29. The molecule has 0 bridgehead atoms. The Morgan fingerprint density at radius 1 is 1.33 bits per heavy atom. The maximum absolute atomic E-state index is 11.9. The Hall–Kier alpha value is -1.44. The summed E-state index contributed by atoms with van der Waals surface area (Å²) in [6.07, 6.45) is 0. The summed E-state index contributed by atoms with van der Waals surface area (Å²) in [4.78, 5) is 31.8. The van der Waals surface area contributed by atoms with E-state index in [-0.39, 0.29) is 35.7 Å². The van der Waals surface area contributed by atoms with Crippen LogP contribution in [-0.4, -0.2) is 84.4 Å². The maximum atomic E-state index is 11.9. The minimum absolute atomic E-state index is 0.0278. The van der Waals surface area contributed by atoms with E-state index in [1.807, 2.05) is 25.6 Å². The van der Waals surface area contributed by atoms with Crippen molar-refractivity contribution < 1.29 is 9.59 Å². The van der Waals surface area contributed by atoms with Gasteiger partial charge in [0.1, 0.15) is 6.54 Å². The normalized spacial score (nSPS) is 17.6. The van der Waals surface area contributed by atoms with Gasteiger partial charge in [-0.05, 0) is 27.7 Å². The molecule has 0 atom stereocenters. The number of likely N-dealkylation sites (N-methyl/N-ethyl adjacent to an activating group) is 1. The lowest BCUT2D eigenvalue weighted by Crippen LogP contribution is -2.52. The van der Waals surface area contributed by atoms with Crippen LogP contribution in [0.15, 0.2) is 4.99 Å². The lowest BCUT2D eigenvalue weighted by Gasteiger charge is -2.39. The van der Waals surface area contributed by atoms with E-state index in [4.69, 9.17) is 0 Å². The van der Waals surface area contributed by atoms with E-state index < -0.39 is 0 Å². The summed E-state index contributed by atoms with van der Waals surface area (Å²) in [5, 5.41) is 5.94. The summed E-state index contributed by atoms with van der Waals surface area (Å²) in [6, 6.07) is 0.0877. The van der Waals surface area contributed by atoms with Gasteiger partial charge in [-0.25, -0.2) is 4.99 Å². The summed E-state index contributed by atoms with van der Waals surface area (Å²) >= 11 is 1.92. The van der Waals surface area contributed by atoms with E-state index in [2.05, 4.69) is 34.4 Å². The van der Waals surface area contributed by atoms with Gasteiger partial charge in [0.05, 0.1) is 6.54 Å². The van der Waals surface area contributed by atoms with Crippen molar-refractivity contribution in [3.63, 3.8) is 0 Å². The average Bonchev–Trinajstić information content (AvgIpc) is 2.44. The number of thioether (sulfide) groups is 1. The minimum Gasteiger partial charge on any atom is -0.352 e. The zero-order valence-electron chi connectivity index (χ0n) is 15.7. The molecular formula is C16H31N5O2S. The molecule has 138 valence electrons. The van der Waals surface area contributed by atoms with Gasteiger partial charge in [0.2, 0.25) is 11.8 Å². The number of carbonyl (C=O) groups excluding carboxylic acids is 2. The molecule has 0 aromatic carbocycles. The van der Waals surface area contributed by atoms with E-state index >= 15 is 0 Å². The highest BCUT2D eigenvalue weighted by Gasteiger charge is 2.29. The summed E-state index contributed by atoms with van der Waals surface area (Å²) in [5.41, 5.74) is 0. The SMILES string of the molecule is CC(C)NC(=O)CN=C(NCC(=O)N(C)C)N1CCSC(C)(C)C1. The van der Waals surface area contributed by atoms with Crippen molar-refractivity contribution >= 4 is 29.5 Å². The lowest BCUT2D eigenvalue weighted by molar-refractivity contribution is -0.127. The quantitative estimate of drug-likeness (QED) is 0.549. The molecule has 0 aliphatic carbocycles. The van der Waals surface area contributed by atoms with Gasteiger partial charge >= 0.3 is 0 Å². The third-order valence-corrected chi connectivity index (χ3v) is 4.74. The summed E-state index contributed by atoms with van der Waals surface area (Å²) in [7, 11) is 3.44. The van der Waals surface area contributed by atoms with Crippen LogP contribution in [0.4, 0.5) is 0 Å². The molecule has 1 rings (SSSR count). The van der Waals surface area contributed by atoms with Gasteiger partial charge in [0.25, 0.3) is 0 Å². The molecule has 0 spiro atoms. The third-order valence-electron chi connectivity index (χ3n) is 3.44. The largest absolute Gasteiger partial charge is 0.352 e. The van der Waals surface area contributed by atoms with Gasteiger partial charge < -0.3 is 20.4 Å². The zero-order valence-corrected chi connectivity index (χ0v) is 16.5. The Morgan fingerprint density at radius 2 is 2.00 bits per heavy atom. The fraction of sp³-hybridized carbons (Fsp3) is 0.812. The molecule has 1 fully saturated rings. The number of rotatable bonds is 5. The third kappa shape index (κ3) is 7.42. The fourth-order valence-corrected chi connectivity index (χ4v) is 3.40. The van der Waals surface area contributed by atoms with Crippen molar-refractivity contribution in [1.29, 1.82) is 0 Å². The first kappa shape index (κ1) is 20.6. The van der Waals surface area contributed by atoms with Gasteiger partial charge in [-0.1, -0.05) is 0 Å². The standard InChI is InChI=1S/C16H31N5O2S/c1-12(2)19-13(22)9-17-15(18-10-14(23)20(5)6)21-7-8-24-16(3,4)11-21/h12H,7-11H2,1-6H3,(H,17,18)(H,19,22). The van der Waals surface area contributed by atoms with Gasteiger partial charge in [-0.3, -0.25) is 9.59 Å². The summed E-state index contributed by atoms with van der Waals surface area (Å²) < 4.78 is 0.118. The average molecular weight is 358 g/mol. The van der Waals surface area contributed by atoms with Crippen molar-refractivity contribution in [2.75, 3.05) is 46.0 Å². The number of nitrogens with one attached hydrogen (secondary N) is 2. The number of amides is 2. The highest BCUT2D eigenvalue weighted by Crippen LogP contribution is 2.29. The molecule has 0 aromatic heterocycles. The molecule has 24 heavy (non-hydrogen) atoms. The van der Waals surface area contributed by atoms with Crippen molar-refractivity contribution in [2.24, 2.45) is 4.99 Å². The summed E-state index contributed by atoms with van der Waals surface area (Å²) in [6.45, 7) is 10.1. The van der Waals surface area contributed by atoms with E-state index in [0.29, 0.717) is 5.96 Å². The Bertz CT molecular complexity index is 477. The molecule has 2 amide bonds. The molecule has 7 nitrogen and oxygen atoms in total. The first-order valence-corrected chi connectivity index (χ1v) is 9.26. The molecule has 1 heterocycles. The molecule has 0 radical (unpaired) electrons. The number of carbonyl (C=O) groups is 2. The molecule has 2 N–H and O–H groups in total.